The van der Waals surface area contributed by atoms with Crippen LogP contribution in [0.3, 0.4) is 0 Å². The van der Waals surface area contributed by atoms with Gasteiger partial charge in [0.05, 0.1) is 5.92 Å². The quantitative estimate of drug-likeness (QED) is 0.906. The minimum atomic E-state index is -0.00763. The van der Waals surface area contributed by atoms with Gasteiger partial charge in [0, 0.05) is 16.9 Å². The predicted molar refractivity (Wildman–Crippen MR) is 82.5 cm³/mol. The number of aromatic nitrogens is 2. The number of hydrogen-bond donors (Lipinski definition) is 1. The second-order valence-corrected chi connectivity index (χ2v) is 6.30. The number of benzene rings is 1. The smallest absolute Gasteiger partial charge is 0.231 e. The molecule has 0 aliphatic heterocycles. The zero-order chi connectivity index (χ0) is 14.7. The van der Waals surface area contributed by atoms with Crippen LogP contribution in [0.5, 0.6) is 0 Å². The first-order valence-electron chi connectivity index (χ1n) is 6.80. The normalized spacial score (nSPS) is 14.5. The third kappa shape index (κ3) is 3.46. The summed E-state index contributed by atoms with van der Waals surface area (Å²) < 4.78 is 6.46. The molecule has 2 aromatic rings. The highest BCUT2D eigenvalue weighted by Gasteiger charge is 2.26. The van der Waals surface area contributed by atoms with Gasteiger partial charge in [0.1, 0.15) is 0 Å². The molecular weight excluding hydrogens is 318 g/mol. The molecule has 2 atom stereocenters. The summed E-state index contributed by atoms with van der Waals surface area (Å²) in [5, 5.41) is 4.08. The molecule has 20 heavy (non-hydrogen) atoms. The third-order valence-corrected chi connectivity index (χ3v) is 4.13. The summed E-state index contributed by atoms with van der Waals surface area (Å²) in [6, 6.07) is 8.03. The van der Waals surface area contributed by atoms with E-state index >= 15 is 0 Å². The lowest BCUT2D eigenvalue weighted by atomic mass is 9.90. The van der Waals surface area contributed by atoms with E-state index in [0.29, 0.717) is 24.1 Å². The largest absolute Gasteiger partial charge is 0.339 e. The molecule has 0 fully saturated rings. The minimum absolute atomic E-state index is 0.00763. The van der Waals surface area contributed by atoms with Crippen LogP contribution in [-0.2, 0) is 6.42 Å². The van der Waals surface area contributed by atoms with E-state index in [1.165, 1.54) is 0 Å². The van der Waals surface area contributed by atoms with Gasteiger partial charge in [-0.1, -0.05) is 53.1 Å². The van der Waals surface area contributed by atoms with Crippen molar-refractivity contribution >= 4 is 15.9 Å². The van der Waals surface area contributed by atoms with E-state index in [4.69, 9.17) is 10.3 Å². The van der Waals surface area contributed by atoms with E-state index in [-0.39, 0.29) is 12.0 Å². The predicted octanol–water partition coefficient (Wildman–Crippen LogP) is 3.51. The van der Waals surface area contributed by atoms with Gasteiger partial charge in [-0.2, -0.15) is 4.98 Å². The van der Waals surface area contributed by atoms with Crippen molar-refractivity contribution in [3.8, 4) is 0 Å². The molecule has 0 aliphatic carbocycles. The first-order valence-corrected chi connectivity index (χ1v) is 7.59. The van der Waals surface area contributed by atoms with Crippen molar-refractivity contribution in [2.24, 2.45) is 11.7 Å². The Morgan fingerprint density at radius 3 is 2.55 bits per heavy atom. The minimum Gasteiger partial charge on any atom is -0.339 e. The Kier molecular flexibility index (Phi) is 4.94. The van der Waals surface area contributed by atoms with Crippen LogP contribution in [0, 0.1) is 5.92 Å². The summed E-state index contributed by atoms with van der Waals surface area (Å²) in [7, 11) is 0. The highest BCUT2D eigenvalue weighted by Crippen LogP contribution is 2.26. The Morgan fingerprint density at radius 2 is 1.95 bits per heavy atom. The molecule has 1 aromatic carbocycles. The van der Waals surface area contributed by atoms with Gasteiger partial charge >= 0.3 is 0 Å². The van der Waals surface area contributed by atoms with Crippen molar-refractivity contribution in [3.05, 3.63) is 46.0 Å². The summed E-state index contributed by atoms with van der Waals surface area (Å²) in [5.74, 6) is 1.79. The fraction of sp³-hybridized carbons (Fsp3) is 0.467. The van der Waals surface area contributed by atoms with Crippen molar-refractivity contribution in [3.63, 3.8) is 0 Å². The Hall–Kier alpha value is -1.20. The molecule has 0 spiro atoms. The third-order valence-electron chi connectivity index (χ3n) is 3.36. The number of rotatable bonds is 5. The van der Waals surface area contributed by atoms with Crippen LogP contribution < -0.4 is 5.73 Å². The average Bonchev–Trinajstić information content (AvgIpc) is 2.79. The van der Waals surface area contributed by atoms with E-state index < -0.39 is 0 Å². The van der Waals surface area contributed by atoms with Crippen LogP contribution in [0.25, 0.3) is 0 Å². The molecule has 5 heteroatoms. The fourth-order valence-corrected chi connectivity index (χ4v) is 2.83. The molecular formula is C15H20BrN3O. The molecule has 0 saturated heterocycles. The van der Waals surface area contributed by atoms with Crippen molar-refractivity contribution < 1.29 is 4.52 Å². The maximum absolute atomic E-state index is 6.02. The average molecular weight is 338 g/mol. The zero-order valence-electron chi connectivity index (χ0n) is 12.0. The monoisotopic (exact) mass is 337 g/mol. The van der Waals surface area contributed by atoms with E-state index in [1.807, 2.05) is 31.2 Å². The van der Waals surface area contributed by atoms with Crippen LogP contribution in [0.4, 0.5) is 0 Å². The molecule has 2 rings (SSSR count). The lowest BCUT2D eigenvalue weighted by Gasteiger charge is -2.20. The highest BCUT2D eigenvalue weighted by atomic mass is 79.9. The molecule has 1 heterocycles. The van der Waals surface area contributed by atoms with Gasteiger partial charge in [-0.15, -0.1) is 0 Å². The van der Waals surface area contributed by atoms with Crippen LogP contribution in [0.2, 0.25) is 0 Å². The highest BCUT2D eigenvalue weighted by molar-refractivity contribution is 9.10. The van der Waals surface area contributed by atoms with Gasteiger partial charge in [0.15, 0.2) is 5.82 Å². The molecule has 1 aromatic heterocycles. The van der Waals surface area contributed by atoms with Gasteiger partial charge in [-0.3, -0.25) is 0 Å². The number of nitrogens with zero attached hydrogens (tertiary/aromatic N) is 2. The Balaban J connectivity index is 2.19. The molecule has 0 bridgehead atoms. The van der Waals surface area contributed by atoms with Crippen molar-refractivity contribution in [1.29, 1.82) is 0 Å². The molecule has 0 amide bonds. The topological polar surface area (TPSA) is 64.9 Å². The van der Waals surface area contributed by atoms with Gasteiger partial charge in [0.2, 0.25) is 5.89 Å². The second kappa shape index (κ2) is 6.50. The maximum Gasteiger partial charge on any atom is 0.231 e. The Bertz CT molecular complexity index is 558. The molecule has 0 saturated carbocycles. The van der Waals surface area contributed by atoms with E-state index in [1.54, 1.807) is 0 Å². The maximum atomic E-state index is 6.02. The van der Waals surface area contributed by atoms with Crippen LogP contribution >= 0.6 is 15.9 Å². The molecule has 2 unspecified atom stereocenters. The number of nitrogens with two attached hydrogens (primary N) is 1. The molecule has 4 nitrogen and oxygen atoms in total. The summed E-state index contributed by atoms with van der Waals surface area (Å²) in [5.41, 5.74) is 7.16. The SMILES string of the molecule is CC(C)C(c1nc(Cc2ccccc2Br)no1)C(C)N. The lowest BCUT2D eigenvalue weighted by Crippen LogP contribution is -2.28. The van der Waals surface area contributed by atoms with Crippen LogP contribution in [0.15, 0.2) is 33.3 Å². The summed E-state index contributed by atoms with van der Waals surface area (Å²) >= 11 is 3.53. The van der Waals surface area contributed by atoms with Crippen molar-refractivity contribution in [2.75, 3.05) is 0 Å². The van der Waals surface area contributed by atoms with E-state index in [0.717, 1.165) is 10.0 Å². The zero-order valence-corrected chi connectivity index (χ0v) is 13.6. The molecule has 108 valence electrons. The van der Waals surface area contributed by atoms with E-state index in [9.17, 15) is 0 Å². The molecule has 0 radical (unpaired) electrons. The fourth-order valence-electron chi connectivity index (χ4n) is 2.40. The van der Waals surface area contributed by atoms with Crippen LogP contribution in [0.1, 0.15) is 44.0 Å². The van der Waals surface area contributed by atoms with E-state index in [2.05, 4.69) is 39.9 Å². The van der Waals surface area contributed by atoms with Crippen molar-refractivity contribution in [1.82, 2.24) is 10.1 Å². The summed E-state index contributed by atoms with van der Waals surface area (Å²) in [6.45, 7) is 6.21. The Morgan fingerprint density at radius 1 is 1.25 bits per heavy atom. The van der Waals surface area contributed by atoms with Gasteiger partial charge in [0.25, 0.3) is 0 Å². The standard InChI is InChI=1S/C15H20BrN3O/c1-9(2)14(10(3)17)15-18-13(19-20-15)8-11-6-4-5-7-12(11)16/h4-7,9-10,14H,8,17H2,1-3H3. The first kappa shape index (κ1) is 15.2. The molecule has 0 aliphatic rings. The number of halogens is 1. The lowest BCUT2D eigenvalue weighted by molar-refractivity contribution is 0.298. The van der Waals surface area contributed by atoms with Crippen molar-refractivity contribution in [2.45, 2.75) is 39.2 Å². The summed E-state index contributed by atoms with van der Waals surface area (Å²) in [4.78, 5) is 4.51. The Labute approximate surface area is 127 Å². The number of hydrogen-bond acceptors (Lipinski definition) is 4. The second-order valence-electron chi connectivity index (χ2n) is 5.45. The first-order chi connectivity index (χ1) is 9.49. The van der Waals surface area contributed by atoms with Gasteiger partial charge in [-0.25, -0.2) is 0 Å². The van der Waals surface area contributed by atoms with Gasteiger partial charge in [-0.05, 0) is 24.5 Å². The van der Waals surface area contributed by atoms with Gasteiger partial charge < -0.3 is 10.3 Å². The molecule has 2 N–H and O–H groups in total. The van der Waals surface area contributed by atoms with Crippen LogP contribution in [-0.4, -0.2) is 16.2 Å². The summed E-state index contributed by atoms with van der Waals surface area (Å²) in [6.07, 6.45) is 0.648.